The highest BCUT2D eigenvalue weighted by Crippen LogP contribution is 2.26. The van der Waals surface area contributed by atoms with Crippen molar-refractivity contribution < 1.29 is 19.4 Å². The van der Waals surface area contributed by atoms with Crippen LogP contribution in [0.3, 0.4) is 0 Å². The number of carbonyl (C=O) groups is 2. The van der Waals surface area contributed by atoms with Crippen molar-refractivity contribution in [1.29, 1.82) is 0 Å². The molecule has 3 atom stereocenters. The van der Waals surface area contributed by atoms with E-state index in [0.717, 1.165) is 19.3 Å². The summed E-state index contributed by atoms with van der Waals surface area (Å²) in [6.45, 7) is 6.09. The van der Waals surface area contributed by atoms with Gasteiger partial charge in [0, 0.05) is 13.1 Å². The lowest BCUT2D eigenvalue weighted by atomic mass is 9.91. The summed E-state index contributed by atoms with van der Waals surface area (Å²) >= 11 is 0. The number of carboxylic acids is 1. The molecule has 6 nitrogen and oxygen atoms in total. The van der Waals surface area contributed by atoms with Crippen molar-refractivity contribution in [2.24, 2.45) is 5.92 Å². The number of ether oxygens (including phenoxy) is 1. The van der Waals surface area contributed by atoms with Crippen LogP contribution >= 0.6 is 0 Å². The van der Waals surface area contributed by atoms with Gasteiger partial charge < -0.3 is 19.6 Å². The molecule has 6 heteroatoms. The van der Waals surface area contributed by atoms with Gasteiger partial charge >= 0.3 is 12.0 Å². The monoisotopic (exact) mass is 284 g/mol. The van der Waals surface area contributed by atoms with Gasteiger partial charge in [0.15, 0.2) is 0 Å². The van der Waals surface area contributed by atoms with Crippen LogP contribution in [0.25, 0.3) is 0 Å². The fourth-order valence-electron chi connectivity index (χ4n) is 3.19. The zero-order valence-electron chi connectivity index (χ0n) is 12.2. The Labute approximate surface area is 119 Å². The lowest BCUT2D eigenvalue weighted by molar-refractivity contribution is -0.145. The van der Waals surface area contributed by atoms with Crippen molar-refractivity contribution in [3.05, 3.63) is 0 Å². The molecule has 1 N–H and O–H groups in total. The first-order chi connectivity index (χ1) is 9.56. The number of aliphatic carboxylic acids is 1. The highest BCUT2D eigenvalue weighted by atomic mass is 16.5. The van der Waals surface area contributed by atoms with E-state index in [2.05, 4.69) is 0 Å². The second-order valence-electron chi connectivity index (χ2n) is 5.71. The van der Waals surface area contributed by atoms with Gasteiger partial charge in [0.1, 0.15) is 6.04 Å². The van der Waals surface area contributed by atoms with Gasteiger partial charge in [-0.25, -0.2) is 9.59 Å². The number of carbonyl (C=O) groups excluding carboxylic acids is 1. The molecule has 2 saturated heterocycles. The average molecular weight is 284 g/mol. The van der Waals surface area contributed by atoms with Crippen LogP contribution in [0.2, 0.25) is 0 Å². The lowest BCUT2D eigenvalue weighted by Crippen LogP contribution is -2.59. The predicted molar refractivity (Wildman–Crippen MR) is 73.5 cm³/mol. The molecule has 0 aromatic carbocycles. The largest absolute Gasteiger partial charge is 0.480 e. The zero-order chi connectivity index (χ0) is 14.7. The Morgan fingerprint density at radius 2 is 2.05 bits per heavy atom. The van der Waals surface area contributed by atoms with E-state index >= 15 is 0 Å². The number of amides is 2. The first-order valence-electron chi connectivity index (χ1n) is 7.44. The van der Waals surface area contributed by atoms with E-state index in [9.17, 15) is 14.7 Å². The minimum Gasteiger partial charge on any atom is -0.480 e. The zero-order valence-corrected chi connectivity index (χ0v) is 12.2. The summed E-state index contributed by atoms with van der Waals surface area (Å²) in [7, 11) is 0. The third kappa shape index (κ3) is 2.90. The molecule has 114 valence electrons. The predicted octanol–water partition coefficient (Wildman–Crippen LogP) is 1.40. The van der Waals surface area contributed by atoms with Crippen molar-refractivity contribution in [2.75, 3.05) is 26.3 Å². The SMILES string of the molecule is CCC1COCCN1C(=O)N1CCCC(C)C1C(=O)O. The lowest BCUT2D eigenvalue weighted by Gasteiger charge is -2.43. The van der Waals surface area contributed by atoms with Gasteiger partial charge in [-0.15, -0.1) is 0 Å². The average Bonchev–Trinajstić information content (AvgIpc) is 2.45. The maximum atomic E-state index is 12.7. The first kappa shape index (κ1) is 15.1. The fourth-order valence-corrected chi connectivity index (χ4v) is 3.19. The van der Waals surface area contributed by atoms with Gasteiger partial charge in [-0.05, 0) is 25.2 Å². The van der Waals surface area contributed by atoms with Crippen molar-refractivity contribution in [2.45, 2.75) is 45.2 Å². The van der Waals surface area contributed by atoms with Crippen LogP contribution in [-0.2, 0) is 9.53 Å². The molecular formula is C14H24N2O4. The van der Waals surface area contributed by atoms with E-state index in [0.29, 0.717) is 26.3 Å². The Morgan fingerprint density at radius 3 is 2.70 bits per heavy atom. The van der Waals surface area contributed by atoms with Crippen molar-refractivity contribution in [1.82, 2.24) is 9.80 Å². The molecule has 20 heavy (non-hydrogen) atoms. The summed E-state index contributed by atoms with van der Waals surface area (Å²) in [4.78, 5) is 27.5. The molecule has 2 aliphatic rings. The first-order valence-corrected chi connectivity index (χ1v) is 7.44. The maximum Gasteiger partial charge on any atom is 0.326 e. The van der Waals surface area contributed by atoms with Crippen LogP contribution in [-0.4, -0.2) is 65.3 Å². The Bertz CT molecular complexity index is 374. The van der Waals surface area contributed by atoms with Crippen LogP contribution in [0, 0.1) is 5.92 Å². The molecular weight excluding hydrogens is 260 g/mol. The molecule has 3 unspecified atom stereocenters. The topological polar surface area (TPSA) is 70.1 Å². The van der Waals surface area contributed by atoms with Crippen LogP contribution in [0.5, 0.6) is 0 Å². The van der Waals surface area contributed by atoms with E-state index in [1.54, 1.807) is 9.80 Å². The van der Waals surface area contributed by atoms with Gasteiger partial charge in [0.2, 0.25) is 0 Å². The molecule has 2 amide bonds. The minimum absolute atomic E-state index is 0.00585. The normalized spacial score (nSPS) is 31.2. The Balaban J connectivity index is 2.14. The van der Waals surface area contributed by atoms with Crippen LogP contribution < -0.4 is 0 Å². The van der Waals surface area contributed by atoms with Gasteiger partial charge in [0.05, 0.1) is 19.3 Å². The number of morpholine rings is 1. The Kier molecular flexibility index (Phi) is 4.86. The van der Waals surface area contributed by atoms with Gasteiger partial charge in [-0.1, -0.05) is 13.8 Å². The molecule has 2 rings (SSSR count). The number of rotatable bonds is 2. The molecule has 0 aromatic rings. The summed E-state index contributed by atoms with van der Waals surface area (Å²) in [6.07, 6.45) is 2.56. The van der Waals surface area contributed by atoms with E-state index in [4.69, 9.17) is 4.74 Å². The van der Waals surface area contributed by atoms with Crippen LogP contribution in [0.1, 0.15) is 33.1 Å². The molecule has 2 aliphatic heterocycles. The summed E-state index contributed by atoms with van der Waals surface area (Å²) in [5, 5.41) is 9.41. The number of urea groups is 1. The van der Waals surface area contributed by atoms with Gasteiger partial charge in [-0.2, -0.15) is 0 Å². The molecule has 0 spiro atoms. The molecule has 2 fully saturated rings. The summed E-state index contributed by atoms with van der Waals surface area (Å²) in [5.41, 5.74) is 0. The highest BCUT2D eigenvalue weighted by Gasteiger charge is 2.40. The van der Waals surface area contributed by atoms with Gasteiger partial charge in [0.25, 0.3) is 0 Å². The number of carboxylic acid groups (broad SMARTS) is 1. The molecule has 0 bridgehead atoms. The van der Waals surface area contributed by atoms with Crippen molar-refractivity contribution in [3.8, 4) is 0 Å². The molecule has 2 heterocycles. The molecule has 0 saturated carbocycles. The standard InChI is InChI=1S/C14H24N2O4/c1-3-11-9-20-8-7-15(11)14(19)16-6-4-5-10(2)12(16)13(17)18/h10-12H,3-9H2,1-2H3,(H,17,18). The van der Waals surface area contributed by atoms with Crippen LogP contribution in [0.4, 0.5) is 4.79 Å². The molecule has 0 radical (unpaired) electrons. The number of nitrogens with zero attached hydrogens (tertiary/aromatic N) is 2. The number of likely N-dealkylation sites (tertiary alicyclic amines) is 1. The van der Waals surface area contributed by atoms with E-state index < -0.39 is 12.0 Å². The smallest absolute Gasteiger partial charge is 0.326 e. The number of hydrogen-bond acceptors (Lipinski definition) is 3. The minimum atomic E-state index is -0.896. The van der Waals surface area contributed by atoms with Crippen molar-refractivity contribution in [3.63, 3.8) is 0 Å². The number of piperidine rings is 1. The summed E-state index contributed by atoms with van der Waals surface area (Å²) in [6, 6.07) is -0.779. The second kappa shape index (κ2) is 6.43. The maximum absolute atomic E-state index is 12.7. The third-order valence-electron chi connectivity index (χ3n) is 4.38. The second-order valence-corrected chi connectivity index (χ2v) is 5.71. The van der Waals surface area contributed by atoms with E-state index in [1.165, 1.54) is 0 Å². The molecule has 0 aromatic heterocycles. The van der Waals surface area contributed by atoms with Crippen LogP contribution in [0.15, 0.2) is 0 Å². The fraction of sp³-hybridized carbons (Fsp3) is 0.857. The number of hydrogen-bond donors (Lipinski definition) is 1. The van der Waals surface area contributed by atoms with Gasteiger partial charge in [-0.3, -0.25) is 0 Å². The van der Waals surface area contributed by atoms with E-state index in [1.807, 2.05) is 13.8 Å². The highest BCUT2D eigenvalue weighted by molar-refractivity contribution is 5.83. The third-order valence-corrected chi connectivity index (χ3v) is 4.38. The van der Waals surface area contributed by atoms with Crippen molar-refractivity contribution >= 4 is 12.0 Å². The quantitative estimate of drug-likeness (QED) is 0.832. The van der Waals surface area contributed by atoms with E-state index in [-0.39, 0.29) is 18.0 Å². The summed E-state index contributed by atoms with van der Waals surface area (Å²) < 4.78 is 5.41. The Morgan fingerprint density at radius 1 is 1.30 bits per heavy atom. The Hall–Kier alpha value is -1.30. The summed E-state index contributed by atoms with van der Waals surface area (Å²) in [5.74, 6) is -0.891. The molecule has 0 aliphatic carbocycles.